The van der Waals surface area contributed by atoms with E-state index in [9.17, 15) is 14.0 Å². The van der Waals surface area contributed by atoms with Gasteiger partial charge in [0.05, 0.1) is 5.92 Å². The molecule has 1 saturated heterocycles. The number of carbonyl (C=O) groups is 2. The van der Waals surface area contributed by atoms with E-state index in [1.165, 1.54) is 18.6 Å². The van der Waals surface area contributed by atoms with Gasteiger partial charge in [-0.1, -0.05) is 31.4 Å². The fraction of sp³-hybridized carbons (Fsp3) is 0.609. The Morgan fingerprint density at radius 2 is 1.88 bits per heavy atom. The first-order valence-corrected chi connectivity index (χ1v) is 11.3. The predicted molar refractivity (Wildman–Crippen MR) is 134 cm³/mol. The van der Waals surface area contributed by atoms with Gasteiger partial charge in [0.1, 0.15) is 5.82 Å². The summed E-state index contributed by atoms with van der Waals surface area (Å²) < 4.78 is 13.1. The molecule has 1 saturated carbocycles. The number of aliphatic imine (C=N–C) groups is 1. The molecule has 0 aromatic heterocycles. The molecule has 1 heterocycles. The van der Waals surface area contributed by atoms with E-state index in [1.807, 2.05) is 4.90 Å². The molecule has 0 radical (unpaired) electrons. The van der Waals surface area contributed by atoms with E-state index < -0.39 is 11.8 Å². The minimum atomic E-state index is -0.447. The Bertz CT molecular complexity index is 783. The highest BCUT2D eigenvalue weighted by atomic mass is 127. The minimum Gasteiger partial charge on any atom is -0.369 e. The van der Waals surface area contributed by atoms with Crippen molar-refractivity contribution in [3.05, 3.63) is 35.6 Å². The molecular formula is C23H35FIN5O2. The summed E-state index contributed by atoms with van der Waals surface area (Å²) in [4.78, 5) is 30.9. The highest BCUT2D eigenvalue weighted by Gasteiger charge is 2.31. The van der Waals surface area contributed by atoms with Crippen molar-refractivity contribution in [1.29, 1.82) is 0 Å². The lowest BCUT2D eigenvalue weighted by Crippen LogP contribution is -2.48. The Labute approximate surface area is 206 Å². The standard InChI is InChI=1S/C23H34FN5O2.HI/c1-26-23(27-14-18(21(25)30)13-16-7-9-19(24)10-8-16)28-20-11-12-29(15-20)22(31)17-5-3-2-4-6-17;/h7-10,17-18,20H,2-6,11-15H2,1H3,(H2,25,30)(H2,26,27,28);1H. The van der Waals surface area contributed by atoms with Crippen molar-refractivity contribution in [2.75, 3.05) is 26.7 Å². The lowest BCUT2D eigenvalue weighted by molar-refractivity contribution is -0.135. The third-order valence-electron chi connectivity index (χ3n) is 6.33. The van der Waals surface area contributed by atoms with Crippen LogP contribution >= 0.6 is 24.0 Å². The highest BCUT2D eigenvalue weighted by molar-refractivity contribution is 14.0. The van der Waals surface area contributed by atoms with Crippen molar-refractivity contribution < 1.29 is 14.0 Å². The smallest absolute Gasteiger partial charge is 0.225 e. The third kappa shape index (κ3) is 7.60. The first-order valence-electron chi connectivity index (χ1n) is 11.3. The number of rotatable bonds is 7. The summed E-state index contributed by atoms with van der Waals surface area (Å²) in [7, 11) is 1.68. The van der Waals surface area contributed by atoms with Crippen LogP contribution in [0, 0.1) is 17.7 Å². The van der Waals surface area contributed by atoms with Crippen LogP contribution in [0.3, 0.4) is 0 Å². The number of primary amides is 1. The second kappa shape index (κ2) is 13.0. The van der Waals surface area contributed by atoms with E-state index in [1.54, 1.807) is 19.2 Å². The number of amides is 2. The van der Waals surface area contributed by atoms with Gasteiger partial charge in [-0.15, -0.1) is 24.0 Å². The first-order chi connectivity index (χ1) is 15.0. The summed E-state index contributed by atoms with van der Waals surface area (Å²) in [5.41, 5.74) is 6.42. The Morgan fingerprint density at radius 1 is 1.19 bits per heavy atom. The Balaban J connectivity index is 0.00000363. The molecule has 7 nitrogen and oxygen atoms in total. The average molecular weight is 559 g/mol. The van der Waals surface area contributed by atoms with Gasteiger partial charge in [0, 0.05) is 38.6 Å². The van der Waals surface area contributed by atoms with Crippen LogP contribution in [0.1, 0.15) is 44.1 Å². The summed E-state index contributed by atoms with van der Waals surface area (Å²) in [5.74, 6) is -0.112. The van der Waals surface area contributed by atoms with Crippen molar-refractivity contribution in [3.8, 4) is 0 Å². The zero-order valence-electron chi connectivity index (χ0n) is 18.7. The van der Waals surface area contributed by atoms with Crippen LogP contribution in [-0.4, -0.2) is 55.4 Å². The van der Waals surface area contributed by atoms with E-state index >= 15 is 0 Å². The quantitative estimate of drug-likeness (QED) is 0.272. The van der Waals surface area contributed by atoms with Gasteiger partial charge < -0.3 is 21.3 Å². The summed E-state index contributed by atoms with van der Waals surface area (Å²) >= 11 is 0. The number of hydrogen-bond donors (Lipinski definition) is 3. The van der Waals surface area contributed by atoms with Crippen molar-refractivity contribution in [3.63, 3.8) is 0 Å². The molecule has 2 aliphatic rings. The van der Waals surface area contributed by atoms with Crippen molar-refractivity contribution in [2.24, 2.45) is 22.6 Å². The molecule has 1 aliphatic heterocycles. The molecule has 0 bridgehead atoms. The largest absolute Gasteiger partial charge is 0.369 e. The van der Waals surface area contributed by atoms with E-state index in [0.29, 0.717) is 31.4 Å². The molecule has 2 atom stereocenters. The molecule has 9 heteroatoms. The first kappa shape index (κ1) is 26.3. The average Bonchev–Trinajstić information content (AvgIpc) is 3.25. The van der Waals surface area contributed by atoms with E-state index in [4.69, 9.17) is 5.73 Å². The number of likely N-dealkylation sites (tertiary alicyclic amines) is 1. The zero-order chi connectivity index (χ0) is 22.2. The number of benzene rings is 1. The molecular weight excluding hydrogens is 524 g/mol. The monoisotopic (exact) mass is 559 g/mol. The molecule has 1 aliphatic carbocycles. The van der Waals surface area contributed by atoms with E-state index in [-0.39, 0.29) is 41.8 Å². The van der Waals surface area contributed by atoms with Gasteiger partial charge in [0.15, 0.2) is 5.96 Å². The summed E-state index contributed by atoms with van der Waals surface area (Å²) in [6.07, 6.45) is 6.87. The number of nitrogens with one attached hydrogen (secondary N) is 2. The molecule has 4 N–H and O–H groups in total. The summed E-state index contributed by atoms with van der Waals surface area (Å²) in [5, 5.41) is 6.54. The van der Waals surface area contributed by atoms with Crippen molar-refractivity contribution >= 4 is 41.8 Å². The maximum atomic E-state index is 13.1. The van der Waals surface area contributed by atoms with Crippen LogP contribution in [0.5, 0.6) is 0 Å². The second-order valence-corrected chi connectivity index (χ2v) is 8.63. The zero-order valence-corrected chi connectivity index (χ0v) is 21.0. The van der Waals surface area contributed by atoms with Crippen molar-refractivity contribution in [1.82, 2.24) is 15.5 Å². The van der Waals surface area contributed by atoms with E-state index in [2.05, 4.69) is 15.6 Å². The number of carbonyl (C=O) groups excluding carboxylic acids is 2. The number of hydrogen-bond acceptors (Lipinski definition) is 3. The molecule has 1 aromatic carbocycles. The van der Waals surface area contributed by atoms with Crippen LogP contribution in [0.4, 0.5) is 4.39 Å². The van der Waals surface area contributed by atoms with Crippen LogP contribution < -0.4 is 16.4 Å². The molecule has 3 rings (SSSR count). The molecule has 32 heavy (non-hydrogen) atoms. The maximum absolute atomic E-state index is 13.1. The van der Waals surface area contributed by atoms with Crippen LogP contribution in [0.25, 0.3) is 0 Å². The maximum Gasteiger partial charge on any atom is 0.225 e. The lowest BCUT2D eigenvalue weighted by atomic mass is 9.88. The van der Waals surface area contributed by atoms with Gasteiger partial charge in [-0.05, 0) is 43.4 Å². The number of nitrogens with zero attached hydrogens (tertiary/aromatic N) is 2. The number of guanidine groups is 1. The fourth-order valence-corrected chi connectivity index (χ4v) is 4.47. The van der Waals surface area contributed by atoms with Crippen molar-refractivity contribution in [2.45, 2.75) is 51.0 Å². The molecule has 2 amide bonds. The minimum absolute atomic E-state index is 0. The Morgan fingerprint density at radius 3 is 2.50 bits per heavy atom. The van der Waals surface area contributed by atoms with Gasteiger partial charge in [0.25, 0.3) is 0 Å². The molecule has 178 valence electrons. The van der Waals surface area contributed by atoms with Crippen LogP contribution in [0.2, 0.25) is 0 Å². The van der Waals surface area contributed by atoms with Gasteiger partial charge in [-0.25, -0.2) is 4.39 Å². The number of nitrogens with two attached hydrogens (primary N) is 1. The normalized spacial score (nSPS) is 20.4. The Hall–Kier alpha value is -1.91. The summed E-state index contributed by atoms with van der Waals surface area (Å²) in [6.45, 7) is 1.76. The van der Waals surface area contributed by atoms with Crippen LogP contribution in [0.15, 0.2) is 29.3 Å². The molecule has 2 fully saturated rings. The van der Waals surface area contributed by atoms with Gasteiger partial charge in [0.2, 0.25) is 11.8 Å². The third-order valence-corrected chi connectivity index (χ3v) is 6.33. The SMILES string of the molecule is CN=C(NCC(Cc1ccc(F)cc1)C(N)=O)NC1CCN(C(=O)C2CCCCC2)C1.I. The topological polar surface area (TPSA) is 99.8 Å². The van der Waals surface area contributed by atoms with Gasteiger partial charge in [-0.2, -0.15) is 0 Å². The fourth-order valence-electron chi connectivity index (χ4n) is 4.47. The Kier molecular flexibility index (Phi) is 10.7. The molecule has 1 aromatic rings. The van der Waals surface area contributed by atoms with E-state index in [0.717, 1.165) is 44.2 Å². The molecule has 0 spiro atoms. The van der Waals surface area contributed by atoms with Gasteiger partial charge >= 0.3 is 0 Å². The predicted octanol–water partition coefficient (Wildman–Crippen LogP) is 2.43. The number of halogens is 2. The van der Waals surface area contributed by atoms with Gasteiger partial charge in [-0.3, -0.25) is 14.6 Å². The highest BCUT2D eigenvalue weighted by Crippen LogP contribution is 2.26. The molecule has 2 unspecified atom stereocenters. The second-order valence-electron chi connectivity index (χ2n) is 8.63. The van der Waals surface area contributed by atoms with Crippen LogP contribution in [-0.2, 0) is 16.0 Å². The summed E-state index contributed by atoms with van der Waals surface area (Å²) in [6, 6.07) is 6.20. The lowest BCUT2D eigenvalue weighted by Gasteiger charge is -2.26.